The van der Waals surface area contributed by atoms with Crippen molar-refractivity contribution in [1.82, 2.24) is 4.90 Å². The first-order valence-electron chi connectivity index (χ1n) is 10.8. The van der Waals surface area contributed by atoms with Gasteiger partial charge in [0.15, 0.2) is 0 Å². The van der Waals surface area contributed by atoms with Crippen molar-refractivity contribution in [2.24, 2.45) is 0 Å². The van der Waals surface area contributed by atoms with Gasteiger partial charge in [-0.3, -0.25) is 4.90 Å². The molecule has 6 heteroatoms. The molecular weight excluding hydrogens is 416 g/mol. The molecule has 2 N–H and O–H groups in total. The fraction of sp³-hybridized carbons (Fsp3) is 0.185. The van der Waals surface area contributed by atoms with E-state index in [0.29, 0.717) is 12.2 Å². The van der Waals surface area contributed by atoms with E-state index in [9.17, 15) is 9.59 Å². The summed E-state index contributed by atoms with van der Waals surface area (Å²) in [6.45, 7) is 5.46. The number of nitrogens with zero attached hydrogens (tertiary/aromatic N) is 2. The van der Waals surface area contributed by atoms with Crippen molar-refractivity contribution >= 4 is 17.6 Å². The molecule has 3 aromatic carbocycles. The van der Waals surface area contributed by atoms with Crippen LogP contribution >= 0.6 is 0 Å². The van der Waals surface area contributed by atoms with Gasteiger partial charge in [-0.15, -0.1) is 0 Å². The first-order valence-corrected chi connectivity index (χ1v) is 10.8. The maximum atomic E-state index is 9.55. The fourth-order valence-corrected chi connectivity index (χ4v) is 3.68. The third-order valence-corrected chi connectivity index (χ3v) is 5.30. The quantitative estimate of drug-likeness (QED) is 0.549. The van der Waals surface area contributed by atoms with Crippen LogP contribution < -0.4 is 4.90 Å². The van der Waals surface area contributed by atoms with E-state index < -0.39 is 11.9 Å². The Morgan fingerprint density at radius 3 is 1.82 bits per heavy atom. The van der Waals surface area contributed by atoms with Crippen LogP contribution in [-0.2, 0) is 16.1 Å². The van der Waals surface area contributed by atoms with E-state index in [-0.39, 0.29) is 0 Å². The molecule has 1 aliphatic rings. The zero-order valence-corrected chi connectivity index (χ0v) is 18.4. The molecule has 1 heterocycles. The van der Waals surface area contributed by atoms with Crippen molar-refractivity contribution in [3.63, 3.8) is 0 Å². The molecule has 1 saturated heterocycles. The minimum Gasteiger partial charge on any atom is -0.478 e. The lowest BCUT2D eigenvalue weighted by molar-refractivity contribution is -0.134. The maximum Gasteiger partial charge on any atom is 0.328 e. The number of rotatable bonds is 6. The lowest BCUT2D eigenvalue weighted by Crippen LogP contribution is -2.45. The second-order valence-corrected chi connectivity index (χ2v) is 7.67. The van der Waals surface area contributed by atoms with Gasteiger partial charge in [0.1, 0.15) is 0 Å². The van der Waals surface area contributed by atoms with Crippen molar-refractivity contribution in [2.75, 3.05) is 31.1 Å². The zero-order chi connectivity index (χ0) is 23.5. The Balaban J connectivity index is 0.000000331. The molecular formula is C27H28N2O4. The third-order valence-electron chi connectivity index (χ3n) is 5.30. The first-order chi connectivity index (χ1) is 16.0. The van der Waals surface area contributed by atoms with Crippen molar-refractivity contribution in [3.8, 4) is 11.1 Å². The summed E-state index contributed by atoms with van der Waals surface area (Å²) in [5, 5.41) is 15.6. The molecule has 0 radical (unpaired) electrons. The van der Waals surface area contributed by atoms with Gasteiger partial charge in [-0.2, -0.15) is 0 Å². The molecule has 1 fully saturated rings. The standard InChI is InChI=1S/C23H24N2.C4H4O4/c1-3-9-21(10-4-1)22-11-7-8-20(18-22)19-24-14-16-25(17-15-24)23-12-5-2-6-13-23;5-3(6)1-2-4(7)8/h1-13,18H,14-17,19H2;1-2H,(H,5,6)(H,7,8)/b;2-1-. The maximum absolute atomic E-state index is 9.55. The van der Waals surface area contributed by atoms with Crippen LogP contribution in [0.15, 0.2) is 97.1 Å². The van der Waals surface area contributed by atoms with Crippen LogP contribution in [0.1, 0.15) is 5.56 Å². The molecule has 33 heavy (non-hydrogen) atoms. The SMILES string of the molecule is O=C(O)/C=C\C(=O)O.c1ccc(-c2cccc(CN3CCN(c4ccccc4)CC3)c2)cc1. The third kappa shape index (κ3) is 7.94. The number of anilines is 1. The van der Waals surface area contributed by atoms with Gasteiger partial charge in [0.2, 0.25) is 0 Å². The monoisotopic (exact) mass is 444 g/mol. The van der Waals surface area contributed by atoms with E-state index in [1.54, 1.807) is 0 Å². The van der Waals surface area contributed by atoms with Crippen LogP contribution in [0.4, 0.5) is 5.69 Å². The number of carboxylic acids is 2. The van der Waals surface area contributed by atoms with Crippen LogP contribution in [0.5, 0.6) is 0 Å². The van der Waals surface area contributed by atoms with Crippen LogP contribution in [0.25, 0.3) is 11.1 Å². The molecule has 0 aromatic heterocycles. The van der Waals surface area contributed by atoms with Crippen LogP contribution in [0.2, 0.25) is 0 Å². The van der Waals surface area contributed by atoms with Crippen LogP contribution in [-0.4, -0.2) is 53.2 Å². The number of hydrogen-bond acceptors (Lipinski definition) is 4. The summed E-state index contributed by atoms with van der Waals surface area (Å²) in [6.07, 6.45) is 1.12. The number of benzene rings is 3. The van der Waals surface area contributed by atoms with Gasteiger partial charge in [-0.05, 0) is 34.9 Å². The Bertz CT molecular complexity index is 1040. The number of hydrogen-bond donors (Lipinski definition) is 2. The lowest BCUT2D eigenvalue weighted by Gasteiger charge is -2.36. The van der Waals surface area contributed by atoms with Gasteiger partial charge >= 0.3 is 11.9 Å². The first kappa shape index (κ1) is 23.8. The van der Waals surface area contributed by atoms with E-state index in [4.69, 9.17) is 10.2 Å². The molecule has 0 saturated carbocycles. The molecule has 0 atom stereocenters. The highest BCUT2D eigenvalue weighted by Gasteiger charge is 2.17. The summed E-state index contributed by atoms with van der Waals surface area (Å²) >= 11 is 0. The number of para-hydroxylation sites is 1. The molecule has 4 rings (SSSR count). The summed E-state index contributed by atoms with van der Waals surface area (Å²) in [4.78, 5) is 24.1. The molecule has 0 aliphatic carbocycles. The number of carboxylic acid groups (broad SMARTS) is 2. The van der Waals surface area contributed by atoms with Crippen molar-refractivity contribution < 1.29 is 19.8 Å². The lowest BCUT2D eigenvalue weighted by atomic mass is 10.0. The molecule has 0 bridgehead atoms. The molecule has 0 unspecified atom stereocenters. The Morgan fingerprint density at radius 2 is 1.24 bits per heavy atom. The van der Waals surface area contributed by atoms with E-state index >= 15 is 0 Å². The summed E-state index contributed by atoms with van der Waals surface area (Å²) in [5.74, 6) is -2.51. The van der Waals surface area contributed by atoms with Gasteiger partial charge in [0.25, 0.3) is 0 Å². The highest BCUT2D eigenvalue weighted by Crippen LogP contribution is 2.22. The Labute approximate surface area is 194 Å². The van der Waals surface area contributed by atoms with Gasteiger partial charge in [0, 0.05) is 50.6 Å². The van der Waals surface area contributed by atoms with E-state index in [2.05, 4.69) is 94.7 Å². The molecule has 3 aromatic rings. The predicted octanol–water partition coefficient (Wildman–Crippen LogP) is 4.39. The zero-order valence-electron chi connectivity index (χ0n) is 18.4. The fourth-order valence-electron chi connectivity index (χ4n) is 3.68. The molecule has 0 amide bonds. The van der Waals surface area contributed by atoms with Crippen LogP contribution in [0, 0.1) is 0 Å². The predicted molar refractivity (Wildman–Crippen MR) is 130 cm³/mol. The molecule has 1 aliphatic heterocycles. The Hall–Kier alpha value is -3.90. The van der Waals surface area contributed by atoms with Crippen molar-refractivity contribution in [1.29, 1.82) is 0 Å². The molecule has 0 spiro atoms. The normalized spacial score (nSPS) is 13.9. The Morgan fingerprint density at radius 1 is 0.697 bits per heavy atom. The average Bonchev–Trinajstić information content (AvgIpc) is 2.85. The molecule has 170 valence electrons. The van der Waals surface area contributed by atoms with Gasteiger partial charge < -0.3 is 15.1 Å². The number of aliphatic carboxylic acids is 2. The summed E-state index contributed by atoms with van der Waals surface area (Å²) in [6, 6.07) is 30.3. The smallest absolute Gasteiger partial charge is 0.328 e. The van der Waals surface area contributed by atoms with Crippen molar-refractivity contribution in [3.05, 3.63) is 103 Å². The van der Waals surface area contributed by atoms with Crippen molar-refractivity contribution in [2.45, 2.75) is 6.54 Å². The Kier molecular flexibility index (Phi) is 8.79. The topological polar surface area (TPSA) is 81.1 Å². The van der Waals surface area contributed by atoms with Gasteiger partial charge in [-0.1, -0.05) is 66.7 Å². The van der Waals surface area contributed by atoms with Gasteiger partial charge in [-0.25, -0.2) is 9.59 Å². The van der Waals surface area contributed by atoms with E-state index in [1.165, 1.54) is 22.4 Å². The number of piperazine rings is 1. The minimum absolute atomic E-state index is 0.558. The van der Waals surface area contributed by atoms with Crippen LogP contribution in [0.3, 0.4) is 0 Å². The molecule has 6 nitrogen and oxygen atoms in total. The average molecular weight is 445 g/mol. The summed E-state index contributed by atoms with van der Waals surface area (Å²) in [5.41, 5.74) is 5.34. The van der Waals surface area contributed by atoms with Gasteiger partial charge in [0.05, 0.1) is 0 Å². The number of carbonyl (C=O) groups is 2. The second-order valence-electron chi connectivity index (χ2n) is 7.67. The summed E-state index contributed by atoms with van der Waals surface area (Å²) in [7, 11) is 0. The van der Waals surface area contributed by atoms with E-state index in [0.717, 1.165) is 32.7 Å². The minimum atomic E-state index is -1.26. The largest absolute Gasteiger partial charge is 0.478 e. The highest BCUT2D eigenvalue weighted by atomic mass is 16.4. The highest BCUT2D eigenvalue weighted by molar-refractivity contribution is 5.89. The summed E-state index contributed by atoms with van der Waals surface area (Å²) < 4.78 is 0. The second kappa shape index (κ2) is 12.2. The van der Waals surface area contributed by atoms with E-state index in [1.807, 2.05) is 0 Å².